The maximum Gasteiger partial charge on any atom is 0.217 e. The fourth-order valence-electron chi connectivity index (χ4n) is 11.6. The molecule has 0 bridgehead atoms. The molecule has 12 atom stereocenters. The Hall–Kier alpha value is -0.250. The average Bonchev–Trinajstić information content (AvgIpc) is 3.26. The van der Waals surface area contributed by atoms with Crippen LogP contribution in [0.4, 0.5) is 0 Å². The summed E-state index contributed by atoms with van der Waals surface area (Å²) >= 11 is 0. The average molecular weight is 611 g/mol. The molecule has 5 N–H and O–H groups in total. The number of sulfonamides is 1. The van der Waals surface area contributed by atoms with Crippen molar-refractivity contribution in [1.82, 2.24) is 10.0 Å². The molecular formula is C34H62N2O5S. The fraction of sp³-hybridized carbons (Fsp3) is 1.00. The van der Waals surface area contributed by atoms with E-state index in [1.165, 1.54) is 25.7 Å². The van der Waals surface area contributed by atoms with Crippen LogP contribution in [-0.4, -0.2) is 54.1 Å². The second-order valence-electron chi connectivity index (χ2n) is 16.8. The van der Waals surface area contributed by atoms with Crippen molar-refractivity contribution in [1.29, 1.82) is 0 Å². The van der Waals surface area contributed by atoms with Crippen LogP contribution in [0.25, 0.3) is 0 Å². The summed E-state index contributed by atoms with van der Waals surface area (Å²) in [6.07, 6.45) is 10.8. The molecule has 0 saturated heterocycles. The monoisotopic (exact) mass is 610 g/mol. The van der Waals surface area contributed by atoms with Crippen LogP contribution in [0.15, 0.2) is 0 Å². The van der Waals surface area contributed by atoms with Crippen LogP contribution < -0.4 is 10.0 Å². The molecule has 7 nitrogen and oxygen atoms in total. The summed E-state index contributed by atoms with van der Waals surface area (Å²) < 4.78 is 28.3. The third kappa shape index (κ3) is 6.00. The minimum Gasteiger partial charge on any atom is -0.393 e. The number of hydrogen-bond donors (Lipinski definition) is 5. The number of aliphatic hydroxyl groups excluding tert-OH is 3. The summed E-state index contributed by atoms with van der Waals surface area (Å²) in [5.41, 5.74) is 0.614. The Kier molecular flexibility index (Phi) is 9.59. The summed E-state index contributed by atoms with van der Waals surface area (Å²) in [5, 5.41) is 35.6. The molecule has 0 aromatic rings. The maximum absolute atomic E-state index is 12.9. The van der Waals surface area contributed by atoms with Gasteiger partial charge in [-0.2, -0.15) is 4.72 Å². The Morgan fingerprint density at radius 1 is 0.857 bits per heavy atom. The first-order chi connectivity index (χ1) is 19.6. The second kappa shape index (κ2) is 12.2. The predicted molar refractivity (Wildman–Crippen MR) is 168 cm³/mol. The van der Waals surface area contributed by atoms with Crippen molar-refractivity contribution in [3.05, 3.63) is 0 Å². The van der Waals surface area contributed by atoms with Crippen LogP contribution in [0, 0.1) is 57.7 Å². The van der Waals surface area contributed by atoms with Crippen LogP contribution in [0.1, 0.15) is 125 Å². The van der Waals surface area contributed by atoms with Crippen LogP contribution >= 0.6 is 0 Å². The smallest absolute Gasteiger partial charge is 0.217 e. The highest BCUT2D eigenvalue weighted by atomic mass is 32.2. The lowest BCUT2D eigenvalue weighted by Gasteiger charge is -2.64. The standard InChI is InChI=1S/C34H62N2O5S/c1-7-24-28-20-22(37)10-17-34(28,6)27-13-18-33(5)25(8-9-26(33)29(27)30(24)38)21(2)14-19-35-31(39)36-42(40,41)23-11-15-32(3,4)16-12-23/h21-31,35-39H,7-20H2,1-6H3/t21-,22-,24-,25-,26+,27+,28+,29?,30-,31?,33?,34-/m1/s1. The third-order valence-electron chi connectivity index (χ3n) is 14.1. The predicted octanol–water partition coefficient (Wildman–Crippen LogP) is 5.39. The van der Waals surface area contributed by atoms with Crippen LogP contribution in [0.2, 0.25) is 0 Å². The summed E-state index contributed by atoms with van der Waals surface area (Å²) in [4.78, 5) is 0. The third-order valence-corrected chi connectivity index (χ3v) is 16.0. The number of aliphatic hydroxyl groups is 3. The van der Waals surface area contributed by atoms with Crippen molar-refractivity contribution in [3.63, 3.8) is 0 Å². The van der Waals surface area contributed by atoms with Crippen molar-refractivity contribution in [2.24, 2.45) is 57.7 Å². The molecule has 5 fully saturated rings. The molecule has 0 radical (unpaired) electrons. The quantitative estimate of drug-likeness (QED) is 0.223. The van der Waals surface area contributed by atoms with Gasteiger partial charge in [0, 0.05) is 0 Å². The van der Waals surface area contributed by atoms with Crippen LogP contribution in [0.5, 0.6) is 0 Å². The minimum atomic E-state index is -3.56. The zero-order chi connectivity index (χ0) is 30.7. The molecule has 5 rings (SSSR count). The maximum atomic E-state index is 12.9. The van der Waals surface area contributed by atoms with Crippen molar-refractivity contribution < 1.29 is 23.7 Å². The van der Waals surface area contributed by atoms with Gasteiger partial charge in [-0.1, -0.05) is 48.0 Å². The molecule has 5 aliphatic rings. The van der Waals surface area contributed by atoms with Gasteiger partial charge in [-0.3, -0.25) is 5.32 Å². The molecule has 0 heterocycles. The topological polar surface area (TPSA) is 119 Å². The molecule has 42 heavy (non-hydrogen) atoms. The first kappa shape index (κ1) is 33.1. The van der Waals surface area contributed by atoms with Gasteiger partial charge in [0.05, 0.1) is 17.5 Å². The van der Waals surface area contributed by atoms with Gasteiger partial charge in [-0.05, 0) is 141 Å². The first-order valence-electron chi connectivity index (χ1n) is 17.4. The fourth-order valence-corrected chi connectivity index (χ4v) is 13.0. The van der Waals surface area contributed by atoms with E-state index in [2.05, 4.69) is 51.6 Å². The lowest BCUT2D eigenvalue weighted by molar-refractivity contribution is -0.203. The van der Waals surface area contributed by atoms with Crippen molar-refractivity contribution in [2.45, 2.75) is 149 Å². The number of rotatable bonds is 9. The van der Waals surface area contributed by atoms with Crippen molar-refractivity contribution in [3.8, 4) is 0 Å². The molecule has 0 aromatic carbocycles. The molecular weight excluding hydrogens is 548 g/mol. The lowest BCUT2D eigenvalue weighted by Crippen LogP contribution is -2.62. The summed E-state index contributed by atoms with van der Waals surface area (Å²) in [5.74, 6) is 3.13. The summed E-state index contributed by atoms with van der Waals surface area (Å²) in [6.45, 7) is 14.5. The minimum absolute atomic E-state index is 0.195. The van der Waals surface area contributed by atoms with Gasteiger partial charge in [-0.25, -0.2) is 8.42 Å². The molecule has 5 saturated carbocycles. The second-order valence-corrected chi connectivity index (χ2v) is 18.8. The van der Waals surface area contributed by atoms with Crippen molar-refractivity contribution in [2.75, 3.05) is 6.54 Å². The number of fused-ring (bicyclic) bond motifs is 5. The Morgan fingerprint density at radius 2 is 1.50 bits per heavy atom. The van der Waals surface area contributed by atoms with Gasteiger partial charge in [0.25, 0.3) is 0 Å². The number of hydrogen-bond acceptors (Lipinski definition) is 6. The summed E-state index contributed by atoms with van der Waals surface area (Å²) in [7, 11) is -3.56. The molecule has 8 heteroatoms. The highest BCUT2D eigenvalue weighted by Gasteiger charge is 2.64. The van der Waals surface area contributed by atoms with E-state index in [0.29, 0.717) is 54.9 Å². The van der Waals surface area contributed by atoms with Gasteiger partial charge in [-0.15, -0.1) is 0 Å². The first-order valence-corrected chi connectivity index (χ1v) is 19.0. The lowest BCUT2D eigenvalue weighted by atomic mass is 9.41. The molecule has 5 aliphatic carbocycles. The SMILES string of the molecule is CC[C@H]1[C@@H](O)C2[C@@H]3CC[C@H]([C@H](C)CCNC(O)NS(=O)(=O)C4CCC(C)(C)CC4)C3(C)CC[C@@H]2[C@@]2(C)CC[C@@H](O)C[C@@H]12. The molecule has 244 valence electrons. The Labute approximate surface area is 256 Å². The van der Waals surface area contributed by atoms with E-state index >= 15 is 0 Å². The summed E-state index contributed by atoms with van der Waals surface area (Å²) in [6, 6.07) is 0. The van der Waals surface area contributed by atoms with E-state index in [1.54, 1.807) is 0 Å². The molecule has 0 spiro atoms. The zero-order valence-corrected chi connectivity index (χ0v) is 28.1. The van der Waals surface area contributed by atoms with E-state index < -0.39 is 21.6 Å². The van der Waals surface area contributed by atoms with E-state index in [4.69, 9.17) is 0 Å². The number of nitrogens with one attached hydrogen (secondary N) is 2. The Morgan fingerprint density at radius 3 is 2.17 bits per heavy atom. The van der Waals surface area contributed by atoms with E-state index in [-0.39, 0.29) is 34.4 Å². The Balaban J connectivity index is 1.18. The van der Waals surface area contributed by atoms with Gasteiger partial charge in [0.1, 0.15) is 0 Å². The normalized spacial score (nSPS) is 45.5. The largest absolute Gasteiger partial charge is 0.393 e. The van der Waals surface area contributed by atoms with Gasteiger partial charge < -0.3 is 15.3 Å². The van der Waals surface area contributed by atoms with Crippen LogP contribution in [0.3, 0.4) is 0 Å². The van der Waals surface area contributed by atoms with Gasteiger partial charge in [0.2, 0.25) is 10.0 Å². The molecule has 3 unspecified atom stereocenters. The van der Waals surface area contributed by atoms with Gasteiger partial charge in [0.15, 0.2) is 6.35 Å². The van der Waals surface area contributed by atoms with E-state index in [9.17, 15) is 23.7 Å². The molecule has 0 amide bonds. The van der Waals surface area contributed by atoms with Crippen LogP contribution in [-0.2, 0) is 10.0 Å². The highest BCUT2D eigenvalue weighted by molar-refractivity contribution is 7.90. The Bertz CT molecular complexity index is 1040. The van der Waals surface area contributed by atoms with E-state index in [1.807, 2.05) is 0 Å². The van der Waals surface area contributed by atoms with Gasteiger partial charge >= 0.3 is 0 Å². The molecule has 0 aromatic heterocycles. The van der Waals surface area contributed by atoms with Crippen molar-refractivity contribution >= 4 is 10.0 Å². The zero-order valence-electron chi connectivity index (χ0n) is 27.3. The highest BCUT2D eigenvalue weighted by Crippen LogP contribution is 2.69. The molecule has 0 aliphatic heterocycles. The van der Waals surface area contributed by atoms with E-state index in [0.717, 1.165) is 44.9 Å².